The molecule has 8 nitrogen and oxygen atoms in total. The fourth-order valence-corrected chi connectivity index (χ4v) is 4.11. The first-order valence-electron chi connectivity index (χ1n) is 9.54. The van der Waals surface area contributed by atoms with E-state index >= 15 is 0 Å². The first-order chi connectivity index (χ1) is 14.2. The summed E-state index contributed by atoms with van der Waals surface area (Å²) in [5.74, 6) is -0.0968. The Kier molecular flexibility index (Phi) is 6.06. The number of benzene rings is 1. The number of aromatic nitrogens is 1. The average molecular weight is 414 g/mol. The summed E-state index contributed by atoms with van der Waals surface area (Å²) in [4.78, 5) is 30.9. The maximum atomic E-state index is 12.2. The fraction of sp³-hybridized carbons (Fsp3) is 0.350. The summed E-state index contributed by atoms with van der Waals surface area (Å²) in [5, 5.41) is 6.63. The number of carbonyl (C=O) groups is 2. The Balaban J connectivity index is 1.27. The molecule has 0 spiro atoms. The molecule has 0 bridgehead atoms. The summed E-state index contributed by atoms with van der Waals surface area (Å²) in [6.45, 7) is 3.54. The van der Waals surface area contributed by atoms with Crippen molar-refractivity contribution in [2.45, 2.75) is 12.8 Å². The van der Waals surface area contributed by atoms with E-state index in [1.54, 1.807) is 23.5 Å². The molecule has 0 radical (unpaired) electrons. The first kappa shape index (κ1) is 19.4. The lowest BCUT2D eigenvalue weighted by Gasteiger charge is -2.25. The van der Waals surface area contributed by atoms with Crippen molar-refractivity contribution in [3.05, 3.63) is 42.4 Å². The Morgan fingerprint density at radius 1 is 1.21 bits per heavy atom. The van der Waals surface area contributed by atoms with Crippen molar-refractivity contribution in [2.24, 2.45) is 0 Å². The lowest BCUT2D eigenvalue weighted by molar-refractivity contribution is -0.116. The van der Waals surface area contributed by atoms with E-state index in [2.05, 4.69) is 20.5 Å². The zero-order valence-corrected chi connectivity index (χ0v) is 16.7. The molecule has 1 aromatic carbocycles. The number of hydrogen-bond acceptors (Lipinski definition) is 7. The highest BCUT2D eigenvalue weighted by atomic mass is 32.1. The molecular formula is C20H22N4O4S. The van der Waals surface area contributed by atoms with Crippen LogP contribution in [0.4, 0.5) is 10.8 Å². The molecular weight excluding hydrogens is 392 g/mol. The molecule has 4 rings (SSSR count). The Morgan fingerprint density at radius 2 is 2.07 bits per heavy atom. The zero-order valence-electron chi connectivity index (χ0n) is 15.8. The highest BCUT2D eigenvalue weighted by molar-refractivity contribution is 7.22. The van der Waals surface area contributed by atoms with Crippen LogP contribution in [0.3, 0.4) is 0 Å². The van der Waals surface area contributed by atoms with Gasteiger partial charge in [-0.15, -0.1) is 0 Å². The molecule has 29 heavy (non-hydrogen) atoms. The lowest BCUT2D eigenvalue weighted by Crippen LogP contribution is -2.36. The number of furan rings is 1. The van der Waals surface area contributed by atoms with Crippen LogP contribution < -0.4 is 15.5 Å². The molecule has 3 heterocycles. The Morgan fingerprint density at radius 3 is 2.86 bits per heavy atom. The van der Waals surface area contributed by atoms with Crippen LogP contribution in [-0.2, 0) is 9.53 Å². The Hall–Kier alpha value is -2.91. The molecule has 152 valence electrons. The Labute approximate surface area is 171 Å². The smallest absolute Gasteiger partial charge is 0.286 e. The molecule has 2 amide bonds. The van der Waals surface area contributed by atoms with Crippen LogP contribution in [0.15, 0.2) is 41.0 Å². The third-order valence-corrected chi connectivity index (χ3v) is 5.63. The van der Waals surface area contributed by atoms with Gasteiger partial charge in [0.15, 0.2) is 10.9 Å². The number of hydrogen-bond donors (Lipinski definition) is 2. The molecule has 1 saturated heterocycles. The van der Waals surface area contributed by atoms with E-state index in [4.69, 9.17) is 9.15 Å². The highest BCUT2D eigenvalue weighted by Crippen LogP contribution is 2.31. The lowest BCUT2D eigenvalue weighted by atomic mass is 10.2. The second kappa shape index (κ2) is 9.06. The second-order valence-corrected chi connectivity index (χ2v) is 7.67. The van der Waals surface area contributed by atoms with Crippen LogP contribution in [0.5, 0.6) is 0 Å². The number of nitrogens with zero attached hydrogens (tertiary/aromatic N) is 2. The van der Waals surface area contributed by atoms with Crippen LogP contribution in [0.2, 0.25) is 0 Å². The molecule has 1 aliphatic rings. The van der Waals surface area contributed by atoms with Crippen molar-refractivity contribution in [3.63, 3.8) is 0 Å². The fourth-order valence-electron chi connectivity index (χ4n) is 3.05. The van der Waals surface area contributed by atoms with Gasteiger partial charge in [0.25, 0.3) is 5.91 Å². The number of nitrogens with one attached hydrogen (secondary N) is 2. The van der Waals surface area contributed by atoms with Crippen molar-refractivity contribution < 1.29 is 18.7 Å². The van der Waals surface area contributed by atoms with Crippen LogP contribution in [0, 0.1) is 0 Å². The molecule has 0 aliphatic carbocycles. The van der Waals surface area contributed by atoms with Gasteiger partial charge in [-0.1, -0.05) is 11.3 Å². The molecule has 0 atom stereocenters. The summed E-state index contributed by atoms with van der Waals surface area (Å²) in [6.07, 6.45) is 2.31. The number of fused-ring (bicyclic) bond motifs is 1. The van der Waals surface area contributed by atoms with Crippen molar-refractivity contribution in [1.29, 1.82) is 0 Å². The zero-order chi connectivity index (χ0) is 20.1. The number of amides is 2. The van der Waals surface area contributed by atoms with Gasteiger partial charge in [0.2, 0.25) is 5.91 Å². The second-order valence-electron chi connectivity index (χ2n) is 6.66. The minimum Gasteiger partial charge on any atom is -0.459 e. The van der Waals surface area contributed by atoms with Crippen LogP contribution >= 0.6 is 11.3 Å². The van der Waals surface area contributed by atoms with Gasteiger partial charge >= 0.3 is 0 Å². The molecule has 1 aliphatic heterocycles. The van der Waals surface area contributed by atoms with Gasteiger partial charge < -0.3 is 24.7 Å². The van der Waals surface area contributed by atoms with Gasteiger partial charge in [-0.25, -0.2) is 4.98 Å². The molecule has 0 saturated carbocycles. The molecule has 0 unspecified atom stereocenters. The number of rotatable bonds is 7. The molecule has 2 aromatic heterocycles. The van der Waals surface area contributed by atoms with Gasteiger partial charge in [-0.3, -0.25) is 9.59 Å². The summed E-state index contributed by atoms with van der Waals surface area (Å²) >= 11 is 1.62. The molecule has 9 heteroatoms. The summed E-state index contributed by atoms with van der Waals surface area (Å²) in [5.41, 5.74) is 1.68. The minimum atomic E-state index is -0.276. The average Bonchev–Trinajstić information content (AvgIpc) is 3.41. The van der Waals surface area contributed by atoms with Gasteiger partial charge in [-0.2, -0.15) is 0 Å². The predicted octanol–water partition coefficient (Wildman–Crippen LogP) is 2.87. The SMILES string of the molecule is O=C(CCCNC(=O)c1ccco1)Nc1ccc2nc(N3CCOCC3)sc2c1. The van der Waals surface area contributed by atoms with E-state index in [1.807, 2.05) is 18.2 Å². The molecule has 1 fully saturated rings. The van der Waals surface area contributed by atoms with Crippen molar-refractivity contribution >= 4 is 44.2 Å². The predicted molar refractivity (Wildman–Crippen MR) is 112 cm³/mol. The largest absolute Gasteiger partial charge is 0.459 e. The van der Waals surface area contributed by atoms with Crippen LogP contribution in [0.1, 0.15) is 23.4 Å². The maximum absolute atomic E-state index is 12.2. The van der Waals surface area contributed by atoms with Crippen LogP contribution in [0.25, 0.3) is 10.2 Å². The van der Waals surface area contributed by atoms with E-state index in [9.17, 15) is 9.59 Å². The first-order valence-corrected chi connectivity index (χ1v) is 10.4. The monoisotopic (exact) mass is 414 g/mol. The third-order valence-electron chi connectivity index (χ3n) is 4.55. The van der Waals surface area contributed by atoms with E-state index in [-0.39, 0.29) is 17.6 Å². The third kappa shape index (κ3) is 4.93. The number of anilines is 2. The van der Waals surface area contributed by atoms with Crippen molar-refractivity contribution in [2.75, 3.05) is 43.1 Å². The van der Waals surface area contributed by atoms with E-state index in [0.717, 1.165) is 47.3 Å². The normalized spacial score (nSPS) is 14.1. The minimum absolute atomic E-state index is 0.0884. The van der Waals surface area contributed by atoms with Gasteiger partial charge in [0.05, 0.1) is 29.7 Å². The van der Waals surface area contributed by atoms with Gasteiger partial charge in [0.1, 0.15) is 0 Å². The number of morpholine rings is 1. The summed E-state index contributed by atoms with van der Waals surface area (Å²) in [7, 11) is 0. The Bertz CT molecular complexity index is 980. The van der Waals surface area contributed by atoms with Crippen molar-refractivity contribution in [1.82, 2.24) is 10.3 Å². The van der Waals surface area contributed by atoms with Gasteiger partial charge in [-0.05, 0) is 36.8 Å². The van der Waals surface area contributed by atoms with E-state index in [1.165, 1.54) is 6.26 Å². The highest BCUT2D eigenvalue weighted by Gasteiger charge is 2.16. The van der Waals surface area contributed by atoms with E-state index in [0.29, 0.717) is 19.4 Å². The molecule has 2 N–H and O–H groups in total. The maximum Gasteiger partial charge on any atom is 0.286 e. The quantitative estimate of drug-likeness (QED) is 0.577. The van der Waals surface area contributed by atoms with Crippen molar-refractivity contribution in [3.8, 4) is 0 Å². The molecule has 3 aromatic rings. The van der Waals surface area contributed by atoms with Crippen LogP contribution in [-0.4, -0.2) is 49.6 Å². The topological polar surface area (TPSA) is 96.7 Å². The standard InChI is InChI=1S/C20H22N4O4S/c25-18(4-1-7-21-19(26)16-3-2-10-28-16)22-14-5-6-15-17(13-14)29-20(23-15)24-8-11-27-12-9-24/h2-3,5-6,10,13H,1,4,7-9,11-12H2,(H,21,26)(H,22,25). The number of thiazole rings is 1. The summed E-state index contributed by atoms with van der Waals surface area (Å²) in [6, 6.07) is 9.00. The number of carbonyl (C=O) groups excluding carboxylic acids is 2. The van der Waals surface area contributed by atoms with E-state index < -0.39 is 0 Å². The van der Waals surface area contributed by atoms with Gasteiger partial charge in [0, 0.05) is 31.7 Å². The number of ether oxygens (including phenoxy) is 1. The summed E-state index contributed by atoms with van der Waals surface area (Å²) < 4.78 is 11.5.